The van der Waals surface area contributed by atoms with Gasteiger partial charge in [0.2, 0.25) is 21.8 Å². The fourth-order valence-electron chi connectivity index (χ4n) is 4.96. The van der Waals surface area contributed by atoms with Crippen LogP contribution in [0.3, 0.4) is 0 Å². The predicted molar refractivity (Wildman–Crippen MR) is 163 cm³/mol. The van der Waals surface area contributed by atoms with E-state index in [0.717, 1.165) is 22.8 Å². The number of hydrogen-bond acceptors (Lipinski definition) is 11. The summed E-state index contributed by atoms with van der Waals surface area (Å²) in [5, 5.41) is 12.4. The smallest absolute Gasteiger partial charge is 0.248 e. The van der Waals surface area contributed by atoms with E-state index < -0.39 is 15.6 Å². The topological polar surface area (TPSA) is 154 Å². The second-order valence-electron chi connectivity index (χ2n) is 11.6. The Morgan fingerprint density at radius 3 is 2.51 bits per heavy atom. The first kappa shape index (κ1) is 30.6. The summed E-state index contributed by atoms with van der Waals surface area (Å²) in [6, 6.07) is 14.9. The standard InChI is InChI=1S/C30H39N7O5S/c1-20-13-24(20)18-37(11-12-40-5)27-16-23(15-26(32-27)36(4)43(38,39)19-25-14-21(2)35-42-25)28-33-34-29(41-28)30(3,31)17-22-9-7-6-8-10-22/h6-10,14-16,20,24H,11-13,17-19,31H2,1-5H3/t20?,24?,30-/m1/s1. The summed E-state index contributed by atoms with van der Waals surface area (Å²) in [7, 11) is -0.760. The largest absolute Gasteiger partial charge is 0.419 e. The highest BCUT2D eigenvalue weighted by atomic mass is 32.2. The van der Waals surface area contributed by atoms with Gasteiger partial charge in [-0.05, 0) is 56.2 Å². The van der Waals surface area contributed by atoms with Crippen molar-refractivity contribution in [3.63, 3.8) is 0 Å². The van der Waals surface area contributed by atoms with Crippen LogP contribution >= 0.6 is 0 Å². The maximum Gasteiger partial charge on any atom is 0.248 e. The lowest BCUT2D eigenvalue weighted by atomic mass is 9.94. The number of benzene rings is 1. The van der Waals surface area contributed by atoms with Crippen molar-refractivity contribution in [1.82, 2.24) is 20.3 Å². The number of sulfonamides is 1. The zero-order valence-electron chi connectivity index (χ0n) is 25.2. The molecule has 2 N–H and O–H groups in total. The molecular weight excluding hydrogens is 570 g/mol. The predicted octanol–water partition coefficient (Wildman–Crippen LogP) is 3.92. The van der Waals surface area contributed by atoms with Crippen LogP contribution in [0.5, 0.6) is 0 Å². The van der Waals surface area contributed by atoms with Crippen molar-refractivity contribution in [2.45, 2.75) is 44.9 Å². The minimum absolute atomic E-state index is 0.203. The quantitative estimate of drug-likeness (QED) is 0.221. The Kier molecular flexibility index (Phi) is 8.86. The average molecular weight is 610 g/mol. The number of rotatable bonds is 14. The maximum absolute atomic E-state index is 13.4. The van der Waals surface area contributed by atoms with E-state index in [2.05, 4.69) is 27.2 Å². The Morgan fingerprint density at radius 2 is 1.86 bits per heavy atom. The zero-order chi connectivity index (χ0) is 30.8. The molecule has 3 atom stereocenters. The number of aromatic nitrogens is 4. The normalized spacial score (nSPS) is 17.9. The molecular formula is C30H39N7O5S. The van der Waals surface area contributed by atoms with Crippen molar-refractivity contribution in [3.05, 3.63) is 71.4 Å². The van der Waals surface area contributed by atoms with Crippen molar-refractivity contribution < 1.29 is 22.1 Å². The van der Waals surface area contributed by atoms with Gasteiger partial charge < -0.3 is 24.3 Å². The zero-order valence-corrected chi connectivity index (χ0v) is 26.0. The van der Waals surface area contributed by atoms with Crippen LogP contribution in [0.1, 0.15) is 43.2 Å². The number of pyridine rings is 1. The number of anilines is 2. The summed E-state index contributed by atoms with van der Waals surface area (Å²) in [6.07, 6.45) is 1.62. The van der Waals surface area contributed by atoms with E-state index >= 15 is 0 Å². The number of aryl methyl sites for hydroxylation is 1. The Bertz CT molecular complexity index is 1640. The molecule has 230 valence electrons. The van der Waals surface area contributed by atoms with Crippen LogP contribution in [0.2, 0.25) is 0 Å². The van der Waals surface area contributed by atoms with E-state index in [1.54, 1.807) is 26.2 Å². The monoisotopic (exact) mass is 609 g/mol. The molecule has 5 rings (SSSR count). The van der Waals surface area contributed by atoms with Gasteiger partial charge in [0.15, 0.2) is 5.76 Å². The molecule has 3 heterocycles. The molecule has 13 heteroatoms. The van der Waals surface area contributed by atoms with E-state index in [-0.39, 0.29) is 29.1 Å². The van der Waals surface area contributed by atoms with Crippen molar-refractivity contribution in [3.8, 4) is 11.5 Å². The lowest BCUT2D eigenvalue weighted by Crippen LogP contribution is -2.35. The van der Waals surface area contributed by atoms with Gasteiger partial charge in [-0.3, -0.25) is 4.31 Å². The van der Waals surface area contributed by atoms with Gasteiger partial charge in [-0.25, -0.2) is 13.4 Å². The number of nitrogens with zero attached hydrogens (tertiary/aromatic N) is 6. The first-order valence-electron chi connectivity index (χ1n) is 14.3. The molecule has 1 saturated carbocycles. The third-order valence-corrected chi connectivity index (χ3v) is 9.41. The Labute approximate surface area is 252 Å². The van der Waals surface area contributed by atoms with Gasteiger partial charge in [0.25, 0.3) is 0 Å². The lowest BCUT2D eigenvalue weighted by molar-refractivity contribution is 0.204. The summed E-state index contributed by atoms with van der Waals surface area (Å²) < 4.78 is 44.7. The van der Waals surface area contributed by atoms with E-state index in [9.17, 15) is 8.42 Å². The Hall–Kier alpha value is -3.81. The molecule has 2 unspecified atom stereocenters. The molecule has 1 fully saturated rings. The van der Waals surface area contributed by atoms with Gasteiger partial charge in [0.1, 0.15) is 17.4 Å². The minimum atomic E-state index is -3.88. The molecule has 0 radical (unpaired) electrons. The van der Waals surface area contributed by atoms with Gasteiger partial charge >= 0.3 is 0 Å². The third-order valence-electron chi connectivity index (χ3n) is 7.73. The molecule has 1 aliphatic rings. The molecule has 1 aromatic carbocycles. The minimum Gasteiger partial charge on any atom is -0.419 e. The molecule has 1 aliphatic carbocycles. The molecule has 3 aromatic heterocycles. The third kappa shape index (κ3) is 7.40. The first-order chi connectivity index (χ1) is 20.4. The lowest BCUT2D eigenvalue weighted by Gasteiger charge is -2.26. The van der Waals surface area contributed by atoms with Crippen LogP contribution in [-0.4, -0.2) is 62.6 Å². The fraction of sp³-hybridized carbons (Fsp3) is 0.467. The maximum atomic E-state index is 13.4. The van der Waals surface area contributed by atoms with Gasteiger partial charge in [-0.1, -0.05) is 42.4 Å². The number of nitrogens with two attached hydrogens (primary N) is 1. The van der Waals surface area contributed by atoms with Gasteiger partial charge in [-0.15, -0.1) is 10.2 Å². The van der Waals surface area contributed by atoms with Crippen LogP contribution in [-0.2, 0) is 32.5 Å². The van der Waals surface area contributed by atoms with Crippen molar-refractivity contribution >= 4 is 21.7 Å². The second kappa shape index (κ2) is 12.4. The van der Waals surface area contributed by atoms with Gasteiger partial charge in [0.05, 0.1) is 17.8 Å². The van der Waals surface area contributed by atoms with Crippen LogP contribution in [0, 0.1) is 18.8 Å². The summed E-state index contributed by atoms with van der Waals surface area (Å²) in [5.74, 6) is 2.29. The summed E-state index contributed by atoms with van der Waals surface area (Å²) >= 11 is 0. The number of ether oxygens (including phenoxy) is 1. The van der Waals surface area contributed by atoms with E-state index in [1.165, 1.54) is 7.05 Å². The van der Waals surface area contributed by atoms with E-state index in [0.29, 0.717) is 48.5 Å². The number of methoxy groups -OCH3 is 1. The van der Waals surface area contributed by atoms with Crippen LogP contribution in [0.15, 0.2) is 57.5 Å². The summed E-state index contributed by atoms with van der Waals surface area (Å²) in [6.45, 7) is 7.63. The van der Waals surface area contributed by atoms with Gasteiger partial charge in [-0.2, -0.15) is 0 Å². The van der Waals surface area contributed by atoms with E-state index in [4.69, 9.17) is 24.4 Å². The van der Waals surface area contributed by atoms with Crippen LogP contribution in [0.4, 0.5) is 11.6 Å². The fourth-order valence-corrected chi connectivity index (χ4v) is 6.02. The molecule has 4 aromatic rings. The molecule has 43 heavy (non-hydrogen) atoms. The number of hydrogen-bond donors (Lipinski definition) is 1. The summed E-state index contributed by atoms with van der Waals surface area (Å²) in [4.78, 5) is 6.91. The van der Waals surface area contributed by atoms with E-state index in [1.807, 2.05) is 43.3 Å². The molecule has 0 saturated heterocycles. The molecule has 0 bridgehead atoms. The molecule has 12 nitrogen and oxygen atoms in total. The van der Waals surface area contributed by atoms with Gasteiger partial charge in [0, 0.05) is 38.9 Å². The Balaban J connectivity index is 1.51. The van der Waals surface area contributed by atoms with Crippen molar-refractivity contribution in [1.29, 1.82) is 0 Å². The molecule has 0 spiro atoms. The van der Waals surface area contributed by atoms with Crippen LogP contribution < -0.4 is 14.9 Å². The average Bonchev–Trinajstić information content (AvgIpc) is 3.30. The highest BCUT2D eigenvalue weighted by molar-refractivity contribution is 7.92. The Morgan fingerprint density at radius 1 is 1.14 bits per heavy atom. The summed E-state index contributed by atoms with van der Waals surface area (Å²) in [5.41, 5.74) is 7.89. The highest BCUT2D eigenvalue weighted by Gasteiger charge is 2.35. The first-order valence-corrected chi connectivity index (χ1v) is 15.9. The van der Waals surface area contributed by atoms with Crippen molar-refractivity contribution in [2.75, 3.05) is 43.1 Å². The molecule has 0 amide bonds. The second-order valence-corrected chi connectivity index (χ2v) is 13.6. The molecule has 0 aliphatic heterocycles. The van der Waals surface area contributed by atoms with Crippen molar-refractivity contribution in [2.24, 2.45) is 17.6 Å². The van der Waals surface area contributed by atoms with Crippen LogP contribution in [0.25, 0.3) is 11.5 Å². The SMILES string of the molecule is COCCN(CC1CC1C)c1cc(-c2nnc([C@](C)(N)Cc3ccccc3)o2)cc(N(C)S(=O)(=O)Cc2cc(C)no2)n1. The highest BCUT2D eigenvalue weighted by Crippen LogP contribution is 2.39.